The van der Waals surface area contributed by atoms with Crippen LogP contribution in [0.5, 0.6) is 0 Å². The van der Waals surface area contributed by atoms with Crippen LogP contribution in [0.4, 0.5) is 0 Å². The normalized spacial score (nSPS) is 28.6. The molecular formula is C13H28N2O2S. The van der Waals surface area contributed by atoms with Gasteiger partial charge < -0.3 is 5.73 Å². The Bertz CT molecular complexity index is 378. The summed E-state index contributed by atoms with van der Waals surface area (Å²) in [7, 11) is -0.891. The van der Waals surface area contributed by atoms with Gasteiger partial charge in [-0.25, -0.2) is 8.42 Å². The molecule has 0 aromatic heterocycles. The molecule has 0 aromatic carbocycles. The molecule has 18 heavy (non-hydrogen) atoms. The summed E-state index contributed by atoms with van der Waals surface area (Å²) in [5, 5.41) is 0. The predicted octanol–water partition coefficient (Wildman–Crippen LogP) is 1.26. The van der Waals surface area contributed by atoms with Crippen LogP contribution in [0.3, 0.4) is 0 Å². The van der Waals surface area contributed by atoms with Gasteiger partial charge in [-0.05, 0) is 31.7 Å². The molecular weight excluding hydrogens is 248 g/mol. The van der Waals surface area contributed by atoms with Gasteiger partial charge in [0.25, 0.3) is 0 Å². The van der Waals surface area contributed by atoms with E-state index in [1.54, 1.807) is 0 Å². The standard InChI is InChI=1S/C13H28N2O2S/c1-12(2)6-5-7-13(10-12,11-14)15(3)8-9-18(4,16)17/h5-11,14H2,1-4H3. The first kappa shape index (κ1) is 15.9. The zero-order valence-electron chi connectivity index (χ0n) is 12.2. The summed E-state index contributed by atoms with van der Waals surface area (Å²) in [5.74, 6) is 0.214. The van der Waals surface area contributed by atoms with E-state index >= 15 is 0 Å². The zero-order chi connectivity index (χ0) is 14.0. The Labute approximate surface area is 112 Å². The molecule has 0 radical (unpaired) electrons. The lowest BCUT2D eigenvalue weighted by Crippen LogP contribution is -2.57. The number of sulfone groups is 1. The van der Waals surface area contributed by atoms with Crippen LogP contribution in [0, 0.1) is 5.41 Å². The summed E-state index contributed by atoms with van der Waals surface area (Å²) in [6.07, 6.45) is 5.83. The Morgan fingerprint density at radius 2 is 1.89 bits per heavy atom. The van der Waals surface area contributed by atoms with Crippen molar-refractivity contribution in [2.45, 2.75) is 45.1 Å². The second-order valence-corrected chi connectivity index (χ2v) is 8.93. The third-order valence-corrected chi connectivity index (χ3v) is 5.21. The van der Waals surface area contributed by atoms with Crippen LogP contribution < -0.4 is 5.73 Å². The van der Waals surface area contributed by atoms with E-state index < -0.39 is 9.84 Å². The number of hydrogen-bond donors (Lipinski definition) is 1. The van der Waals surface area contributed by atoms with Gasteiger partial charge in [-0.2, -0.15) is 0 Å². The molecule has 4 nitrogen and oxygen atoms in total. The minimum atomic E-state index is -2.90. The topological polar surface area (TPSA) is 63.4 Å². The second kappa shape index (κ2) is 5.47. The van der Waals surface area contributed by atoms with Gasteiger partial charge in [-0.3, -0.25) is 4.90 Å². The second-order valence-electron chi connectivity index (χ2n) is 6.67. The van der Waals surface area contributed by atoms with Gasteiger partial charge >= 0.3 is 0 Å². The summed E-state index contributed by atoms with van der Waals surface area (Å²) < 4.78 is 22.6. The third kappa shape index (κ3) is 4.21. The monoisotopic (exact) mass is 276 g/mol. The van der Waals surface area contributed by atoms with E-state index in [0.717, 1.165) is 12.8 Å². The maximum absolute atomic E-state index is 11.3. The summed E-state index contributed by atoms with van der Waals surface area (Å²) in [5.41, 5.74) is 6.29. The molecule has 1 atom stereocenters. The van der Waals surface area contributed by atoms with Crippen LogP contribution in [-0.2, 0) is 9.84 Å². The fourth-order valence-electron chi connectivity index (χ4n) is 3.16. The van der Waals surface area contributed by atoms with E-state index in [-0.39, 0.29) is 11.3 Å². The van der Waals surface area contributed by atoms with Crippen molar-refractivity contribution in [2.75, 3.05) is 32.1 Å². The highest BCUT2D eigenvalue weighted by Crippen LogP contribution is 2.43. The molecule has 0 heterocycles. The van der Waals surface area contributed by atoms with Crippen molar-refractivity contribution in [1.82, 2.24) is 4.90 Å². The molecule has 1 saturated carbocycles. The van der Waals surface area contributed by atoms with Crippen LogP contribution in [0.25, 0.3) is 0 Å². The number of hydrogen-bond acceptors (Lipinski definition) is 4. The first-order valence-electron chi connectivity index (χ1n) is 6.69. The van der Waals surface area contributed by atoms with E-state index in [2.05, 4.69) is 18.7 Å². The summed E-state index contributed by atoms with van der Waals surface area (Å²) >= 11 is 0. The van der Waals surface area contributed by atoms with Gasteiger partial charge in [0.05, 0.1) is 5.75 Å². The lowest BCUT2D eigenvalue weighted by molar-refractivity contribution is 0.0314. The van der Waals surface area contributed by atoms with Gasteiger partial charge in [0, 0.05) is 24.9 Å². The fourth-order valence-corrected chi connectivity index (χ4v) is 3.76. The Morgan fingerprint density at radius 1 is 1.28 bits per heavy atom. The van der Waals surface area contributed by atoms with Crippen molar-refractivity contribution in [2.24, 2.45) is 11.1 Å². The van der Waals surface area contributed by atoms with Crippen LogP contribution in [0.2, 0.25) is 0 Å². The zero-order valence-corrected chi connectivity index (χ0v) is 13.0. The van der Waals surface area contributed by atoms with Crippen LogP contribution in [0.15, 0.2) is 0 Å². The highest BCUT2D eigenvalue weighted by atomic mass is 32.2. The molecule has 0 aliphatic heterocycles. The van der Waals surface area contributed by atoms with Crippen molar-refractivity contribution in [3.63, 3.8) is 0 Å². The number of rotatable bonds is 5. The van der Waals surface area contributed by atoms with Crippen molar-refractivity contribution in [3.8, 4) is 0 Å². The van der Waals surface area contributed by atoms with E-state index in [0.29, 0.717) is 18.5 Å². The average molecular weight is 276 g/mol. The number of nitrogens with two attached hydrogens (primary N) is 1. The summed E-state index contributed by atoms with van der Waals surface area (Å²) in [6.45, 7) is 5.74. The number of likely N-dealkylation sites (N-methyl/N-ethyl adjacent to an activating group) is 1. The largest absolute Gasteiger partial charge is 0.329 e. The molecule has 0 saturated heterocycles. The Hall–Kier alpha value is -0.130. The quantitative estimate of drug-likeness (QED) is 0.821. The van der Waals surface area contributed by atoms with Crippen LogP contribution in [0.1, 0.15) is 39.5 Å². The first-order valence-corrected chi connectivity index (χ1v) is 8.75. The molecule has 0 bridgehead atoms. The molecule has 1 unspecified atom stereocenters. The third-order valence-electron chi connectivity index (χ3n) is 4.29. The van der Waals surface area contributed by atoms with E-state index in [4.69, 9.17) is 5.73 Å². The summed E-state index contributed by atoms with van der Waals surface area (Å²) in [6, 6.07) is 0. The van der Waals surface area contributed by atoms with Crippen molar-refractivity contribution in [1.29, 1.82) is 0 Å². The highest BCUT2D eigenvalue weighted by Gasteiger charge is 2.41. The molecule has 1 rings (SSSR count). The number of nitrogens with zero attached hydrogens (tertiary/aromatic N) is 1. The van der Waals surface area contributed by atoms with Crippen molar-refractivity contribution >= 4 is 9.84 Å². The van der Waals surface area contributed by atoms with Gasteiger partial charge in [0.15, 0.2) is 0 Å². The molecule has 2 N–H and O–H groups in total. The Morgan fingerprint density at radius 3 is 2.33 bits per heavy atom. The lowest BCUT2D eigenvalue weighted by Gasteiger charge is -2.49. The molecule has 108 valence electrons. The minimum Gasteiger partial charge on any atom is -0.329 e. The molecule has 1 aliphatic carbocycles. The molecule has 1 fully saturated rings. The fraction of sp³-hybridized carbons (Fsp3) is 1.00. The first-order chi connectivity index (χ1) is 8.10. The van der Waals surface area contributed by atoms with Crippen LogP contribution >= 0.6 is 0 Å². The Kier molecular flexibility index (Phi) is 4.84. The van der Waals surface area contributed by atoms with Gasteiger partial charge in [-0.15, -0.1) is 0 Å². The van der Waals surface area contributed by atoms with Crippen molar-refractivity contribution < 1.29 is 8.42 Å². The van der Waals surface area contributed by atoms with Crippen molar-refractivity contribution in [3.05, 3.63) is 0 Å². The molecule has 0 amide bonds. The highest BCUT2D eigenvalue weighted by molar-refractivity contribution is 7.90. The van der Waals surface area contributed by atoms with Gasteiger partial charge in [0.2, 0.25) is 0 Å². The van der Waals surface area contributed by atoms with Gasteiger partial charge in [0.1, 0.15) is 9.84 Å². The predicted molar refractivity (Wildman–Crippen MR) is 76.4 cm³/mol. The van der Waals surface area contributed by atoms with E-state index in [1.807, 2.05) is 7.05 Å². The molecule has 0 spiro atoms. The minimum absolute atomic E-state index is 0.0214. The maximum atomic E-state index is 11.3. The SMILES string of the molecule is CN(CCS(C)(=O)=O)C1(CN)CCCC(C)(C)C1. The van der Waals surface area contributed by atoms with Crippen LogP contribution in [-0.4, -0.2) is 51.0 Å². The summed E-state index contributed by atoms with van der Waals surface area (Å²) in [4.78, 5) is 2.18. The smallest absolute Gasteiger partial charge is 0.148 e. The maximum Gasteiger partial charge on any atom is 0.148 e. The average Bonchev–Trinajstić information content (AvgIpc) is 2.23. The Balaban J connectivity index is 2.74. The molecule has 1 aliphatic rings. The lowest BCUT2D eigenvalue weighted by atomic mass is 9.67. The molecule has 0 aromatic rings. The van der Waals surface area contributed by atoms with Gasteiger partial charge in [-0.1, -0.05) is 20.3 Å². The van der Waals surface area contributed by atoms with E-state index in [9.17, 15) is 8.42 Å². The molecule has 5 heteroatoms. The van der Waals surface area contributed by atoms with E-state index in [1.165, 1.54) is 19.1 Å².